The summed E-state index contributed by atoms with van der Waals surface area (Å²) in [6.07, 6.45) is 2.14. The Hall–Kier alpha value is -3.49. The van der Waals surface area contributed by atoms with E-state index in [2.05, 4.69) is 10.6 Å². The van der Waals surface area contributed by atoms with Gasteiger partial charge in [-0.25, -0.2) is 9.59 Å². The van der Waals surface area contributed by atoms with Gasteiger partial charge in [-0.3, -0.25) is 14.9 Å². The predicted octanol–water partition coefficient (Wildman–Crippen LogP) is 3.81. The molecule has 3 amide bonds. The summed E-state index contributed by atoms with van der Waals surface area (Å²) in [5, 5.41) is 17.6. The summed E-state index contributed by atoms with van der Waals surface area (Å²) in [5.41, 5.74) is 0.201. The highest BCUT2D eigenvalue weighted by atomic mass is 35.5. The summed E-state index contributed by atoms with van der Waals surface area (Å²) in [5.74, 6) is -1.80. The molecule has 3 N–H and O–H groups in total. The number of hydrogen-bond donors (Lipinski definition) is 3. The smallest absolute Gasteiger partial charge is 0.409 e. The molecule has 1 aromatic rings. The number of methoxy groups -OCH3 is 1. The molecule has 3 aliphatic rings. The fourth-order valence-corrected chi connectivity index (χ4v) is 7.08. The molecule has 51 heavy (non-hydrogen) atoms. The molecule has 14 heteroatoms. The average molecular weight is 733 g/mol. The number of fused-ring (bicyclic) bond motifs is 5. The second-order valence-corrected chi connectivity index (χ2v) is 14.6. The number of alkyl carbamates (subject to hydrolysis) is 1. The van der Waals surface area contributed by atoms with E-state index in [1.807, 2.05) is 39.0 Å². The topological polar surface area (TPSA) is 159 Å². The minimum atomic E-state index is -1.80. The third kappa shape index (κ3) is 9.12. The van der Waals surface area contributed by atoms with Crippen LogP contribution in [0.2, 0.25) is 5.02 Å². The molecular weight excluding hydrogens is 680 g/mol. The van der Waals surface area contributed by atoms with Gasteiger partial charge in [-0.15, -0.1) is 0 Å². The first-order valence-electron chi connectivity index (χ1n) is 17.4. The van der Waals surface area contributed by atoms with Crippen molar-refractivity contribution in [1.29, 1.82) is 0 Å². The number of likely N-dealkylation sites (N-methyl/N-ethyl adjacent to an activating group) is 1. The number of epoxide rings is 1. The number of benzene rings is 1. The fourth-order valence-electron chi connectivity index (χ4n) is 6.85. The Morgan fingerprint density at radius 1 is 1.27 bits per heavy atom. The molecule has 0 unspecified atom stereocenters. The van der Waals surface area contributed by atoms with E-state index in [4.69, 9.17) is 30.5 Å². The van der Waals surface area contributed by atoms with Crippen LogP contribution in [-0.4, -0.2) is 110 Å². The number of allylic oxidation sites excluding steroid dienone is 3. The molecule has 4 rings (SSSR count). The van der Waals surface area contributed by atoms with Crippen LogP contribution in [0.1, 0.15) is 64.5 Å². The van der Waals surface area contributed by atoms with Crippen LogP contribution in [0, 0.1) is 12.8 Å². The lowest BCUT2D eigenvalue weighted by molar-refractivity contribution is -0.162. The van der Waals surface area contributed by atoms with Crippen molar-refractivity contribution >= 4 is 41.2 Å². The molecule has 0 radical (unpaired) electrons. The van der Waals surface area contributed by atoms with Gasteiger partial charge in [-0.05, 0) is 71.3 Å². The first-order valence-corrected chi connectivity index (χ1v) is 17.8. The maximum absolute atomic E-state index is 14.1. The molecule has 3 aliphatic heterocycles. The SMILES string of the molecule is CNCCCC(=O)N(C)[C@@H](C)C(=O)O[C@H]1CC(=O)N(C)c2cc(cc(C)c2Cl)C/C(C)=C/C=C/[C@@H](OC)[C@@]2(O)C[C@H](OC(=O)N2)[C@@H](C)[C@@H]2O[C@@]12C. The largest absolute Gasteiger partial charge is 0.457 e. The van der Waals surface area contributed by atoms with E-state index in [9.17, 15) is 24.3 Å². The number of aryl methyl sites for hydroxylation is 1. The summed E-state index contributed by atoms with van der Waals surface area (Å²) >= 11 is 6.76. The lowest BCUT2D eigenvalue weighted by atomic mass is 9.83. The first-order chi connectivity index (χ1) is 23.9. The molecule has 282 valence electrons. The number of carbonyl (C=O) groups is 4. The molecule has 4 bridgehead atoms. The zero-order valence-corrected chi connectivity index (χ0v) is 31.8. The van der Waals surface area contributed by atoms with E-state index < -0.39 is 59.8 Å². The Kier molecular flexibility index (Phi) is 13.0. The number of hydrogen-bond acceptors (Lipinski definition) is 10. The van der Waals surface area contributed by atoms with Crippen LogP contribution in [0.3, 0.4) is 0 Å². The summed E-state index contributed by atoms with van der Waals surface area (Å²) in [6.45, 7) is 9.60. The number of ether oxygens (including phenoxy) is 4. The number of nitrogens with zero attached hydrogens (tertiary/aromatic N) is 2. The number of aliphatic hydroxyl groups is 1. The summed E-state index contributed by atoms with van der Waals surface area (Å²) in [6, 6.07) is 2.87. The number of rotatable bonds is 8. The Balaban J connectivity index is 1.73. The van der Waals surface area contributed by atoms with Gasteiger partial charge in [0.25, 0.3) is 0 Å². The monoisotopic (exact) mass is 732 g/mol. The summed E-state index contributed by atoms with van der Waals surface area (Å²) in [7, 11) is 6.41. The number of anilines is 1. The fraction of sp³-hybridized carbons (Fsp3) is 0.622. The summed E-state index contributed by atoms with van der Waals surface area (Å²) in [4.78, 5) is 56.2. The quantitative estimate of drug-likeness (QED) is 0.204. The highest BCUT2D eigenvalue weighted by molar-refractivity contribution is 6.34. The normalized spacial score (nSPS) is 32.0. The molecule has 0 spiro atoms. The summed E-state index contributed by atoms with van der Waals surface area (Å²) < 4.78 is 23.6. The standard InChI is InChI=1S/C37H53ClN4O9/c1-21-12-10-13-28(48-9)37(47)20-27(49-35(46)40-37)23(3)33-36(5,51-33)29(50-34(45)24(4)41(7)30(43)14-11-15-39-6)19-31(44)42(8)26-18-25(16-21)17-22(2)32(26)38/h10,12-13,17-18,23-24,27-29,33,39,47H,11,14-16,19-20H2,1-9H3,(H,40,46)/b13-10+,21-12+/t23-,24+,27+,28-,29+,33+,36+,37+/m1/s1. The van der Waals surface area contributed by atoms with Gasteiger partial charge >= 0.3 is 12.1 Å². The second kappa shape index (κ2) is 16.5. The molecule has 13 nitrogen and oxygen atoms in total. The Morgan fingerprint density at radius 2 is 1.98 bits per heavy atom. The van der Waals surface area contributed by atoms with Crippen LogP contribution in [0.25, 0.3) is 0 Å². The third-order valence-corrected chi connectivity index (χ3v) is 10.8. The van der Waals surface area contributed by atoms with Crippen molar-refractivity contribution in [2.45, 2.75) is 109 Å². The van der Waals surface area contributed by atoms with Crippen LogP contribution in [0.4, 0.5) is 10.5 Å². The van der Waals surface area contributed by atoms with Crippen molar-refractivity contribution in [3.8, 4) is 0 Å². The molecule has 0 aromatic heterocycles. The maximum atomic E-state index is 14.1. The Labute approximate surface area is 305 Å². The van der Waals surface area contributed by atoms with E-state index in [0.717, 1.165) is 16.7 Å². The minimum Gasteiger partial charge on any atom is -0.457 e. The molecule has 3 heterocycles. The average Bonchev–Trinajstić information content (AvgIpc) is 3.77. The van der Waals surface area contributed by atoms with Crippen molar-refractivity contribution < 1.29 is 43.2 Å². The van der Waals surface area contributed by atoms with Crippen molar-refractivity contribution in [3.05, 3.63) is 52.1 Å². The van der Waals surface area contributed by atoms with Gasteiger partial charge in [0.15, 0.2) is 5.72 Å². The molecule has 1 aromatic carbocycles. The zero-order valence-electron chi connectivity index (χ0n) is 31.1. The van der Waals surface area contributed by atoms with Gasteiger partial charge in [-0.1, -0.05) is 48.4 Å². The van der Waals surface area contributed by atoms with Crippen molar-refractivity contribution in [3.63, 3.8) is 0 Å². The van der Waals surface area contributed by atoms with E-state index in [0.29, 0.717) is 30.1 Å². The van der Waals surface area contributed by atoms with Crippen LogP contribution >= 0.6 is 11.6 Å². The lowest BCUT2D eigenvalue weighted by Gasteiger charge is -2.42. The number of carbonyl (C=O) groups excluding carboxylic acids is 4. The van der Waals surface area contributed by atoms with E-state index >= 15 is 0 Å². The van der Waals surface area contributed by atoms with Gasteiger partial charge in [0, 0.05) is 40.0 Å². The Morgan fingerprint density at radius 3 is 2.65 bits per heavy atom. The van der Waals surface area contributed by atoms with Gasteiger partial charge in [0.1, 0.15) is 30.0 Å². The molecule has 0 saturated carbocycles. The molecular formula is C37H53ClN4O9. The number of esters is 1. The van der Waals surface area contributed by atoms with Crippen LogP contribution < -0.4 is 15.5 Å². The first kappa shape index (κ1) is 40.3. The lowest BCUT2D eigenvalue weighted by Crippen LogP contribution is -2.63. The number of nitrogens with one attached hydrogen (secondary N) is 2. The van der Waals surface area contributed by atoms with Gasteiger partial charge in [0.2, 0.25) is 11.8 Å². The van der Waals surface area contributed by atoms with Crippen molar-refractivity contribution in [2.24, 2.45) is 5.92 Å². The number of halogens is 1. The predicted molar refractivity (Wildman–Crippen MR) is 192 cm³/mol. The highest BCUT2D eigenvalue weighted by Crippen LogP contribution is 2.49. The maximum Gasteiger partial charge on any atom is 0.409 e. The van der Waals surface area contributed by atoms with Crippen molar-refractivity contribution in [2.75, 3.05) is 39.7 Å². The van der Waals surface area contributed by atoms with Crippen molar-refractivity contribution in [1.82, 2.24) is 15.5 Å². The second-order valence-electron chi connectivity index (χ2n) is 14.2. The van der Waals surface area contributed by atoms with Gasteiger partial charge < -0.3 is 39.2 Å². The van der Waals surface area contributed by atoms with E-state index in [-0.39, 0.29) is 31.1 Å². The molecule has 2 fully saturated rings. The minimum absolute atomic E-state index is 0.0331. The highest BCUT2D eigenvalue weighted by Gasteiger charge is 2.64. The number of amides is 3. The van der Waals surface area contributed by atoms with E-state index in [1.54, 1.807) is 47.1 Å². The van der Waals surface area contributed by atoms with Crippen LogP contribution in [0.5, 0.6) is 0 Å². The van der Waals surface area contributed by atoms with Crippen LogP contribution in [-0.2, 0) is 39.8 Å². The zero-order chi connectivity index (χ0) is 37.8. The van der Waals surface area contributed by atoms with E-state index in [1.165, 1.54) is 16.9 Å². The Bertz CT molecular complexity index is 1550. The molecule has 2 saturated heterocycles. The molecule has 8 atom stereocenters. The van der Waals surface area contributed by atoms with Gasteiger partial charge in [-0.2, -0.15) is 0 Å². The molecule has 0 aliphatic carbocycles. The van der Waals surface area contributed by atoms with Crippen LogP contribution in [0.15, 0.2) is 35.9 Å². The van der Waals surface area contributed by atoms with Gasteiger partial charge in [0.05, 0.1) is 23.2 Å². The third-order valence-electron chi connectivity index (χ3n) is 10.3.